The van der Waals surface area contributed by atoms with Crippen molar-refractivity contribution >= 4 is 58.3 Å². The lowest BCUT2D eigenvalue weighted by Crippen LogP contribution is -2.49. The first kappa shape index (κ1) is 26.5. The number of anilines is 1. The number of halogens is 3. The maximum absolute atomic E-state index is 13.0. The Morgan fingerprint density at radius 1 is 1.23 bits per heavy atom. The van der Waals surface area contributed by atoms with Crippen molar-refractivity contribution in [3.05, 3.63) is 52.5 Å². The van der Waals surface area contributed by atoms with E-state index >= 15 is 0 Å². The minimum Gasteiger partial charge on any atom is -0.467 e. The predicted molar refractivity (Wildman–Crippen MR) is 130 cm³/mol. The predicted octanol–water partition coefficient (Wildman–Crippen LogP) is 2.49. The molecule has 1 N–H and O–H groups in total. The second-order valence-electron chi connectivity index (χ2n) is 7.41. The lowest BCUT2D eigenvalue weighted by atomic mass is 10.1. The topological polar surface area (TPSA) is 124 Å². The Hall–Kier alpha value is -3.15. The molecule has 0 bridgehead atoms. The summed E-state index contributed by atoms with van der Waals surface area (Å²) in [5.74, 6) is -2.30. The van der Waals surface area contributed by atoms with Crippen LogP contribution < -0.4 is 5.32 Å². The van der Waals surface area contributed by atoms with Gasteiger partial charge in [-0.1, -0.05) is 28.4 Å². The fraction of sp³-hybridized carbons (Fsp3) is 0.333. The molecule has 0 aliphatic heterocycles. The van der Waals surface area contributed by atoms with Crippen LogP contribution in [-0.2, 0) is 32.6 Å². The van der Waals surface area contributed by atoms with E-state index in [4.69, 9.17) is 39.5 Å². The number of amides is 2. The van der Waals surface area contributed by atoms with E-state index in [1.54, 1.807) is 36.1 Å². The van der Waals surface area contributed by atoms with Crippen molar-refractivity contribution in [1.29, 1.82) is 0 Å². The number of carbonyl (C=O) groups is 3. The second kappa shape index (κ2) is 12.0. The van der Waals surface area contributed by atoms with Crippen molar-refractivity contribution in [2.75, 3.05) is 24.9 Å². The standard InChI is InChI=1S/C21H22Cl3N7O4/c1-29-8-7-14(27-29)4-6-17(21(34)35-2)30(20(33)10-22)12-19(32)25-15-9-13(23)3-5-16(15)31-11-18(24)26-28-31/h3,5,7-9,11,17H,4,6,10,12H2,1-2H3,(H,25,32). The van der Waals surface area contributed by atoms with E-state index in [0.717, 1.165) is 10.6 Å². The fourth-order valence-corrected chi connectivity index (χ4v) is 3.83. The van der Waals surface area contributed by atoms with Crippen LogP contribution in [0.25, 0.3) is 5.69 Å². The van der Waals surface area contributed by atoms with Gasteiger partial charge in [0, 0.05) is 18.3 Å². The van der Waals surface area contributed by atoms with Crippen molar-refractivity contribution in [1.82, 2.24) is 29.7 Å². The van der Waals surface area contributed by atoms with E-state index in [0.29, 0.717) is 22.8 Å². The van der Waals surface area contributed by atoms with Gasteiger partial charge in [0.25, 0.3) is 0 Å². The quantitative estimate of drug-likeness (QED) is 0.308. The minimum atomic E-state index is -1.05. The third-order valence-electron chi connectivity index (χ3n) is 4.99. The molecule has 3 aromatic rings. The maximum atomic E-state index is 13.0. The van der Waals surface area contributed by atoms with Crippen molar-refractivity contribution in [3.63, 3.8) is 0 Å². The molecule has 0 aliphatic carbocycles. The highest BCUT2D eigenvalue weighted by Gasteiger charge is 2.32. The SMILES string of the molecule is COC(=O)C(CCc1ccn(C)n1)N(CC(=O)Nc1cc(Cl)ccc1-n1cc(Cl)nn1)C(=O)CCl. The van der Waals surface area contributed by atoms with Gasteiger partial charge in [-0.25, -0.2) is 9.48 Å². The monoisotopic (exact) mass is 541 g/mol. The molecule has 0 aliphatic rings. The Kier molecular flexibility index (Phi) is 9.07. The molecule has 35 heavy (non-hydrogen) atoms. The Balaban J connectivity index is 1.82. The van der Waals surface area contributed by atoms with Crippen LogP contribution >= 0.6 is 34.8 Å². The number of alkyl halides is 1. The van der Waals surface area contributed by atoms with Crippen molar-refractivity contribution in [2.24, 2.45) is 7.05 Å². The summed E-state index contributed by atoms with van der Waals surface area (Å²) in [6, 6.07) is 5.49. The number of ether oxygens (including phenoxy) is 1. The van der Waals surface area contributed by atoms with Crippen LogP contribution in [0.3, 0.4) is 0 Å². The normalized spacial score (nSPS) is 11.7. The molecule has 1 atom stereocenters. The van der Waals surface area contributed by atoms with Crippen molar-refractivity contribution in [3.8, 4) is 5.69 Å². The summed E-state index contributed by atoms with van der Waals surface area (Å²) < 4.78 is 7.88. The van der Waals surface area contributed by atoms with Gasteiger partial charge in [0.05, 0.1) is 30.4 Å². The van der Waals surface area contributed by atoms with Gasteiger partial charge in [0.1, 0.15) is 18.5 Å². The molecule has 186 valence electrons. The summed E-state index contributed by atoms with van der Waals surface area (Å²) >= 11 is 17.8. The molecular weight excluding hydrogens is 521 g/mol. The first-order valence-electron chi connectivity index (χ1n) is 10.3. The van der Waals surface area contributed by atoms with Crippen molar-refractivity contribution in [2.45, 2.75) is 18.9 Å². The molecule has 0 radical (unpaired) electrons. The zero-order valence-electron chi connectivity index (χ0n) is 18.8. The molecule has 0 saturated heterocycles. The molecule has 2 amide bonds. The smallest absolute Gasteiger partial charge is 0.328 e. The molecule has 3 rings (SSSR count). The van der Waals surface area contributed by atoms with Crippen LogP contribution in [0, 0.1) is 0 Å². The number of benzene rings is 1. The largest absolute Gasteiger partial charge is 0.467 e. The molecule has 0 saturated carbocycles. The Labute approximate surface area is 215 Å². The Bertz CT molecular complexity index is 1210. The molecule has 2 aromatic heterocycles. The Morgan fingerprint density at radius 3 is 2.60 bits per heavy atom. The average Bonchev–Trinajstić information content (AvgIpc) is 3.45. The molecular formula is C21H22Cl3N7O4. The third-order valence-corrected chi connectivity index (χ3v) is 5.62. The van der Waals surface area contributed by atoms with E-state index in [9.17, 15) is 14.4 Å². The summed E-state index contributed by atoms with van der Waals surface area (Å²) in [7, 11) is 2.98. The summed E-state index contributed by atoms with van der Waals surface area (Å²) in [5.41, 5.74) is 1.46. The number of aryl methyl sites for hydroxylation is 2. The van der Waals surface area contributed by atoms with Gasteiger partial charge < -0.3 is 15.0 Å². The first-order chi connectivity index (χ1) is 16.7. The van der Waals surface area contributed by atoms with Gasteiger partial charge >= 0.3 is 5.97 Å². The van der Waals surface area contributed by atoms with Crippen LogP contribution in [0.2, 0.25) is 10.2 Å². The zero-order chi connectivity index (χ0) is 25.5. The van der Waals surface area contributed by atoms with Crippen LogP contribution in [0.4, 0.5) is 5.69 Å². The first-order valence-corrected chi connectivity index (χ1v) is 11.6. The Morgan fingerprint density at radius 2 is 2.00 bits per heavy atom. The number of esters is 1. The number of nitrogens with zero attached hydrogens (tertiary/aromatic N) is 6. The van der Waals surface area contributed by atoms with Crippen LogP contribution in [0.5, 0.6) is 0 Å². The summed E-state index contributed by atoms with van der Waals surface area (Å²) in [6.07, 6.45) is 3.77. The van der Waals surface area contributed by atoms with Gasteiger partial charge in [-0.3, -0.25) is 14.3 Å². The molecule has 1 aromatic carbocycles. The highest BCUT2D eigenvalue weighted by Crippen LogP contribution is 2.25. The molecule has 0 spiro atoms. The lowest BCUT2D eigenvalue weighted by Gasteiger charge is -2.29. The molecule has 0 fully saturated rings. The van der Waals surface area contributed by atoms with Gasteiger partial charge in [-0.05, 0) is 37.1 Å². The van der Waals surface area contributed by atoms with Gasteiger partial charge in [0.15, 0.2) is 5.15 Å². The lowest BCUT2D eigenvalue weighted by molar-refractivity contribution is -0.153. The molecule has 2 heterocycles. The number of hydrogen-bond donors (Lipinski definition) is 1. The minimum absolute atomic E-state index is 0.157. The molecule has 11 nitrogen and oxygen atoms in total. The van der Waals surface area contributed by atoms with E-state index in [2.05, 4.69) is 20.7 Å². The van der Waals surface area contributed by atoms with Crippen molar-refractivity contribution < 1.29 is 19.1 Å². The molecule has 1 unspecified atom stereocenters. The summed E-state index contributed by atoms with van der Waals surface area (Å²) in [4.78, 5) is 39.3. The zero-order valence-corrected chi connectivity index (χ0v) is 21.1. The number of methoxy groups -OCH3 is 1. The van der Waals surface area contributed by atoms with Crippen LogP contribution in [0.1, 0.15) is 12.1 Å². The van der Waals surface area contributed by atoms with Crippen LogP contribution in [-0.4, -0.2) is 73.0 Å². The molecule has 14 heteroatoms. The van der Waals surface area contributed by atoms with E-state index in [1.165, 1.54) is 24.1 Å². The number of aromatic nitrogens is 5. The van der Waals surface area contributed by atoms with E-state index < -0.39 is 36.3 Å². The summed E-state index contributed by atoms with van der Waals surface area (Å²) in [5, 5.41) is 15.1. The summed E-state index contributed by atoms with van der Waals surface area (Å²) in [6.45, 7) is -0.461. The maximum Gasteiger partial charge on any atom is 0.328 e. The third kappa shape index (κ3) is 6.93. The number of rotatable bonds is 10. The highest BCUT2D eigenvalue weighted by atomic mass is 35.5. The van der Waals surface area contributed by atoms with E-state index in [-0.39, 0.29) is 11.6 Å². The van der Waals surface area contributed by atoms with Gasteiger partial charge in [0.2, 0.25) is 11.8 Å². The average molecular weight is 543 g/mol. The highest BCUT2D eigenvalue weighted by molar-refractivity contribution is 6.31. The van der Waals surface area contributed by atoms with E-state index in [1.807, 2.05) is 0 Å². The van der Waals surface area contributed by atoms with Gasteiger partial charge in [-0.2, -0.15) is 5.10 Å². The number of nitrogens with one attached hydrogen (secondary N) is 1. The second-order valence-corrected chi connectivity index (χ2v) is 8.50. The van der Waals surface area contributed by atoms with Crippen LogP contribution in [0.15, 0.2) is 36.7 Å². The van der Waals surface area contributed by atoms with Gasteiger partial charge in [-0.15, -0.1) is 16.7 Å². The fourth-order valence-electron chi connectivity index (χ4n) is 3.38. The number of carbonyl (C=O) groups excluding carboxylic acids is 3. The number of hydrogen-bond acceptors (Lipinski definition) is 7.